The molecule has 9 nitrogen and oxygen atoms in total. The van der Waals surface area contributed by atoms with E-state index in [0.29, 0.717) is 29.0 Å². The Balaban J connectivity index is 1.34. The molecule has 0 bridgehead atoms. The van der Waals surface area contributed by atoms with Crippen LogP contribution < -0.4 is 5.73 Å². The number of piperidine rings is 1. The third-order valence-electron chi connectivity index (χ3n) is 5.21. The molecule has 2 N–H and O–H groups in total. The molecule has 3 aromatic rings. The summed E-state index contributed by atoms with van der Waals surface area (Å²) in [6, 6.07) is 7.61. The van der Waals surface area contributed by atoms with Gasteiger partial charge in [0.05, 0.1) is 6.04 Å². The number of halogens is 1. The van der Waals surface area contributed by atoms with Gasteiger partial charge < -0.3 is 14.8 Å². The van der Waals surface area contributed by atoms with E-state index in [1.54, 1.807) is 0 Å². The minimum absolute atomic E-state index is 0.00582. The van der Waals surface area contributed by atoms with Gasteiger partial charge in [-0.25, -0.2) is 0 Å². The number of primary amides is 1. The summed E-state index contributed by atoms with van der Waals surface area (Å²) in [4.78, 5) is 22.1. The third kappa shape index (κ3) is 4.46. The van der Waals surface area contributed by atoms with Crippen molar-refractivity contribution in [3.05, 3.63) is 58.3 Å². The van der Waals surface area contributed by atoms with Gasteiger partial charge in [0.1, 0.15) is 0 Å². The van der Waals surface area contributed by atoms with Crippen LogP contribution >= 0.6 is 11.6 Å². The fraction of sp³-hybridized carbons (Fsp3) is 0.421. The van der Waals surface area contributed by atoms with Crippen LogP contribution in [0.2, 0.25) is 5.02 Å². The molecule has 1 fully saturated rings. The van der Waals surface area contributed by atoms with E-state index in [9.17, 15) is 4.79 Å². The van der Waals surface area contributed by atoms with E-state index in [2.05, 4.69) is 32.1 Å². The van der Waals surface area contributed by atoms with E-state index in [4.69, 9.17) is 26.4 Å². The number of amides is 1. The molecular formula is C19H21ClN6O3. The van der Waals surface area contributed by atoms with Crippen LogP contribution in [-0.4, -0.2) is 44.2 Å². The molecular weight excluding hydrogens is 396 g/mol. The smallest absolute Gasteiger partial charge is 0.290 e. The molecule has 0 spiro atoms. The molecule has 0 saturated carbocycles. The van der Waals surface area contributed by atoms with E-state index in [1.807, 2.05) is 24.3 Å². The van der Waals surface area contributed by atoms with Crippen LogP contribution in [0.4, 0.5) is 0 Å². The van der Waals surface area contributed by atoms with Crippen LogP contribution in [0.5, 0.6) is 0 Å². The molecule has 4 rings (SSSR count). The second kappa shape index (κ2) is 8.30. The molecule has 2 aromatic heterocycles. The average molecular weight is 417 g/mol. The molecule has 3 heterocycles. The van der Waals surface area contributed by atoms with Gasteiger partial charge >= 0.3 is 0 Å². The lowest BCUT2D eigenvalue weighted by Gasteiger charge is -2.33. The van der Waals surface area contributed by atoms with E-state index >= 15 is 0 Å². The quantitative estimate of drug-likeness (QED) is 0.650. The molecule has 1 amide bonds. The molecule has 1 saturated heterocycles. The lowest BCUT2D eigenvalue weighted by Crippen LogP contribution is -2.35. The Bertz CT molecular complexity index is 978. The molecule has 1 aliphatic rings. The Morgan fingerprint density at radius 1 is 1.21 bits per heavy atom. The van der Waals surface area contributed by atoms with Crippen LogP contribution in [0.25, 0.3) is 0 Å². The standard InChI is InChI=1S/C19H21ClN6O3/c1-11(18-22-15(24-28-18)10-12-2-4-14(20)5-3-12)26-8-6-13(7-9-26)19-23-17(16(21)27)25-29-19/h2-5,11,13H,6-10H2,1H3,(H2,21,27). The first-order valence-electron chi connectivity index (χ1n) is 9.44. The number of benzene rings is 1. The molecule has 1 unspecified atom stereocenters. The summed E-state index contributed by atoms with van der Waals surface area (Å²) in [7, 11) is 0. The van der Waals surface area contributed by atoms with Crippen molar-refractivity contribution in [1.82, 2.24) is 25.2 Å². The molecule has 1 atom stereocenters. The van der Waals surface area contributed by atoms with Gasteiger partial charge in [0.2, 0.25) is 11.8 Å². The molecule has 1 aromatic carbocycles. The number of nitrogens with zero attached hydrogens (tertiary/aromatic N) is 5. The predicted molar refractivity (Wildman–Crippen MR) is 103 cm³/mol. The van der Waals surface area contributed by atoms with Gasteiger partial charge in [-0.3, -0.25) is 9.69 Å². The topological polar surface area (TPSA) is 124 Å². The zero-order valence-electron chi connectivity index (χ0n) is 15.9. The number of nitrogens with two attached hydrogens (primary N) is 1. The van der Waals surface area contributed by atoms with Crippen molar-refractivity contribution < 1.29 is 13.8 Å². The van der Waals surface area contributed by atoms with Crippen LogP contribution in [0, 0.1) is 0 Å². The summed E-state index contributed by atoms with van der Waals surface area (Å²) in [6.07, 6.45) is 2.25. The molecule has 29 heavy (non-hydrogen) atoms. The van der Waals surface area contributed by atoms with Gasteiger partial charge in [0.15, 0.2) is 5.82 Å². The highest BCUT2D eigenvalue weighted by atomic mass is 35.5. The van der Waals surface area contributed by atoms with Gasteiger partial charge in [-0.2, -0.15) is 9.97 Å². The first kappa shape index (κ1) is 19.5. The number of hydrogen-bond acceptors (Lipinski definition) is 8. The van der Waals surface area contributed by atoms with Crippen molar-refractivity contribution in [2.45, 2.75) is 38.1 Å². The van der Waals surface area contributed by atoms with Crippen LogP contribution in [0.1, 0.15) is 65.5 Å². The Hall–Kier alpha value is -2.78. The first-order valence-corrected chi connectivity index (χ1v) is 9.82. The first-order chi connectivity index (χ1) is 14.0. The predicted octanol–water partition coefficient (Wildman–Crippen LogP) is 2.74. The lowest BCUT2D eigenvalue weighted by molar-refractivity contribution is 0.0987. The Labute approximate surface area is 172 Å². The van der Waals surface area contributed by atoms with E-state index in [1.165, 1.54) is 0 Å². The van der Waals surface area contributed by atoms with Crippen molar-refractivity contribution in [2.75, 3.05) is 13.1 Å². The monoisotopic (exact) mass is 416 g/mol. The maximum atomic E-state index is 11.1. The van der Waals surface area contributed by atoms with Crippen LogP contribution in [-0.2, 0) is 6.42 Å². The molecule has 10 heteroatoms. The molecule has 0 radical (unpaired) electrons. The van der Waals surface area contributed by atoms with Crippen molar-refractivity contribution in [3.8, 4) is 0 Å². The van der Waals surface area contributed by atoms with Crippen molar-refractivity contribution >= 4 is 17.5 Å². The summed E-state index contributed by atoms with van der Waals surface area (Å²) in [5, 5.41) is 8.43. The largest absolute Gasteiger partial charge is 0.363 e. The SMILES string of the molecule is CC(c1nc(Cc2ccc(Cl)cc2)no1)N1CCC(c2nc(C(N)=O)no2)CC1. The Morgan fingerprint density at radius 2 is 1.93 bits per heavy atom. The second-order valence-corrected chi connectivity index (χ2v) is 7.60. The Morgan fingerprint density at radius 3 is 2.59 bits per heavy atom. The van der Waals surface area contributed by atoms with E-state index in [-0.39, 0.29) is 17.8 Å². The number of likely N-dealkylation sites (tertiary alicyclic amines) is 1. The second-order valence-electron chi connectivity index (χ2n) is 7.16. The number of carbonyl (C=O) groups excluding carboxylic acids is 1. The van der Waals surface area contributed by atoms with Gasteiger partial charge in [0.25, 0.3) is 11.7 Å². The van der Waals surface area contributed by atoms with Gasteiger partial charge in [-0.05, 0) is 50.6 Å². The number of carbonyl (C=O) groups is 1. The minimum Gasteiger partial charge on any atom is -0.363 e. The highest BCUT2D eigenvalue weighted by molar-refractivity contribution is 6.30. The van der Waals surface area contributed by atoms with E-state index < -0.39 is 5.91 Å². The van der Waals surface area contributed by atoms with Crippen molar-refractivity contribution in [2.24, 2.45) is 5.73 Å². The number of hydrogen-bond donors (Lipinski definition) is 1. The van der Waals surface area contributed by atoms with Crippen LogP contribution in [0.15, 0.2) is 33.3 Å². The zero-order chi connectivity index (χ0) is 20.4. The molecule has 1 aliphatic heterocycles. The minimum atomic E-state index is -0.683. The number of rotatable bonds is 6. The maximum Gasteiger partial charge on any atom is 0.290 e. The highest BCUT2D eigenvalue weighted by Crippen LogP contribution is 2.31. The molecule has 152 valence electrons. The third-order valence-corrected chi connectivity index (χ3v) is 5.46. The van der Waals surface area contributed by atoms with E-state index in [0.717, 1.165) is 31.5 Å². The summed E-state index contributed by atoms with van der Waals surface area (Å²) in [6.45, 7) is 3.68. The average Bonchev–Trinajstić information content (AvgIpc) is 3.39. The fourth-order valence-electron chi connectivity index (χ4n) is 3.48. The normalized spacial score (nSPS) is 16.8. The number of aromatic nitrogens is 4. The lowest BCUT2D eigenvalue weighted by atomic mass is 9.96. The van der Waals surface area contributed by atoms with Gasteiger partial charge in [-0.15, -0.1) is 0 Å². The summed E-state index contributed by atoms with van der Waals surface area (Å²) in [5.74, 6) is 1.07. The maximum absolute atomic E-state index is 11.1. The Kier molecular flexibility index (Phi) is 5.59. The molecule has 0 aliphatic carbocycles. The van der Waals surface area contributed by atoms with Gasteiger partial charge in [0, 0.05) is 17.4 Å². The van der Waals surface area contributed by atoms with Crippen molar-refractivity contribution in [1.29, 1.82) is 0 Å². The zero-order valence-corrected chi connectivity index (χ0v) is 16.7. The van der Waals surface area contributed by atoms with Crippen LogP contribution in [0.3, 0.4) is 0 Å². The summed E-state index contributed by atoms with van der Waals surface area (Å²) >= 11 is 5.92. The highest BCUT2D eigenvalue weighted by Gasteiger charge is 2.30. The summed E-state index contributed by atoms with van der Waals surface area (Å²) < 4.78 is 10.7. The van der Waals surface area contributed by atoms with Crippen molar-refractivity contribution in [3.63, 3.8) is 0 Å². The van der Waals surface area contributed by atoms with Gasteiger partial charge in [-0.1, -0.05) is 34.0 Å². The summed E-state index contributed by atoms with van der Waals surface area (Å²) in [5.41, 5.74) is 6.25. The fourth-order valence-corrected chi connectivity index (χ4v) is 3.61.